The van der Waals surface area contributed by atoms with Crippen molar-refractivity contribution in [3.05, 3.63) is 42.4 Å². The van der Waals surface area contributed by atoms with Gasteiger partial charge >= 0.3 is 0 Å². The molecule has 1 aliphatic carbocycles. The van der Waals surface area contributed by atoms with Gasteiger partial charge in [0.2, 0.25) is 5.95 Å². The molecule has 2 aromatic heterocycles. The van der Waals surface area contributed by atoms with Crippen LogP contribution in [0.25, 0.3) is 11.0 Å². The Morgan fingerprint density at radius 3 is 2.82 bits per heavy atom. The molecule has 3 aromatic rings. The zero-order chi connectivity index (χ0) is 19.6. The van der Waals surface area contributed by atoms with E-state index in [1.54, 1.807) is 6.20 Å². The van der Waals surface area contributed by atoms with Crippen LogP contribution in [0.3, 0.4) is 0 Å². The topological polar surface area (TPSA) is 95.9 Å². The summed E-state index contributed by atoms with van der Waals surface area (Å²) in [6.45, 7) is 1.89. The molecule has 0 spiro atoms. The van der Waals surface area contributed by atoms with E-state index in [-0.39, 0.29) is 6.04 Å². The molecular formula is C21H22N6O. The maximum atomic E-state index is 10.1. The minimum atomic E-state index is -0.569. The Morgan fingerprint density at radius 1 is 1.21 bits per heavy atom. The molecule has 0 saturated heterocycles. The smallest absolute Gasteiger partial charge is 0.223 e. The highest BCUT2D eigenvalue weighted by molar-refractivity contribution is 5.87. The number of hydrogen-bond acceptors (Lipinski definition) is 7. The molecule has 1 aliphatic rings. The largest absolute Gasteiger partial charge is 0.390 e. The summed E-state index contributed by atoms with van der Waals surface area (Å²) in [7, 11) is 0. The highest BCUT2D eigenvalue weighted by Gasteiger charge is 2.28. The van der Waals surface area contributed by atoms with Crippen molar-refractivity contribution in [3.8, 4) is 12.3 Å². The molecule has 1 saturated carbocycles. The quantitative estimate of drug-likeness (QED) is 0.603. The Bertz CT molecular complexity index is 1030. The molecular weight excluding hydrogens is 352 g/mol. The first kappa shape index (κ1) is 18.1. The van der Waals surface area contributed by atoms with Gasteiger partial charge in [-0.1, -0.05) is 12.0 Å². The molecule has 3 N–H and O–H groups in total. The predicted molar refractivity (Wildman–Crippen MR) is 109 cm³/mol. The second kappa shape index (κ2) is 7.41. The van der Waals surface area contributed by atoms with Gasteiger partial charge in [0, 0.05) is 17.3 Å². The number of hydrogen-bond donors (Lipinski definition) is 3. The van der Waals surface area contributed by atoms with E-state index >= 15 is 0 Å². The van der Waals surface area contributed by atoms with E-state index in [0.717, 1.165) is 36.9 Å². The van der Waals surface area contributed by atoms with Crippen LogP contribution >= 0.6 is 0 Å². The van der Waals surface area contributed by atoms with Crippen LogP contribution in [0.15, 0.2) is 36.8 Å². The van der Waals surface area contributed by atoms with Gasteiger partial charge in [-0.2, -0.15) is 0 Å². The third-order valence-electron chi connectivity index (χ3n) is 5.07. The Kier molecular flexibility index (Phi) is 4.80. The van der Waals surface area contributed by atoms with E-state index in [0.29, 0.717) is 22.8 Å². The lowest BCUT2D eigenvalue weighted by molar-refractivity contribution is 0.0196. The van der Waals surface area contributed by atoms with Crippen LogP contribution in [0, 0.1) is 12.3 Å². The molecule has 142 valence electrons. The maximum absolute atomic E-state index is 10.1. The van der Waals surface area contributed by atoms with Gasteiger partial charge in [0.25, 0.3) is 0 Å². The van der Waals surface area contributed by atoms with Gasteiger partial charge in [-0.15, -0.1) is 6.42 Å². The van der Waals surface area contributed by atoms with Crippen molar-refractivity contribution < 1.29 is 5.11 Å². The lowest BCUT2D eigenvalue weighted by atomic mass is 9.84. The molecule has 4 rings (SSSR count). The number of rotatable bonds is 4. The third kappa shape index (κ3) is 4.02. The monoisotopic (exact) mass is 374 g/mol. The van der Waals surface area contributed by atoms with Crippen LogP contribution < -0.4 is 10.6 Å². The van der Waals surface area contributed by atoms with Crippen molar-refractivity contribution in [3.63, 3.8) is 0 Å². The van der Waals surface area contributed by atoms with E-state index in [2.05, 4.69) is 36.5 Å². The highest BCUT2D eigenvalue weighted by atomic mass is 16.3. The van der Waals surface area contributed by atoms with E-state index in [4.69, 9.17) is 6.42 Å². The number of terminal acetylenes is 1. The zero-order valence-corrected chi connectivity index (χ0v) is 15.7. The van der Waals surface area contributed by atoms with Gasteiger partial charge in [-0.3, -0.25) is 0 Å². The fourth-order valence-electron chi connectivity index (χ4n) is 3.41. The second-order valence-corrected chi connectivity index (χ2v) is 7.42. The number of nitrogens with one attached hydrogen (secondary N) is 2. The molecule has 0 bridgehead atoms. The minimum Gasteiger partial charge on any atom is -0.390 e. The fraction of sp³-hybridized carbons (Fsp3) is 0.333. The molecule has 0 unspecified atom stereocenters. The van der Waals surface area contributed by atoms with Crippen LogP contribution in [-0.4, -0.2) is 36.7 Å². The average Bonchev–Trinajstić information content (AvgIpc) is 2.70. The summed E-state index contributed by atoms with van der Waals surface area (Å²) in [5.74, 6) is 3.75. The number of aromatic nitrogens is 4. The molecule has 28 heavy (non-hydrogen) atoms. The lowest BCUT2D eigenvalue weighted by Gasteiger charge is -2.33. The van der Waals surface area contributed by atoms with Crippen molar-refractivity contribution in [2.75, 3.05) is 10.6 Å². The number of nitrogens with zero attached hydrogens (tertiary/aromatic N) is 4. The third-order valence-corrected chi connectivity index (χ3v) is 5.07. The summed E-state index contributed by atoms with van der Waals surface area (Å²) in [5, 5.41) is 16.8. The van der Waals surface area contributed by atoms with Gasteiger partial charge in [-0.05, 0) is 50.8 Å². The van der Waals surface area contributed by atoms with Crippen molar-refractivity contribution in [1.82, 2.24) is 19.9 Å². The molecule has 0 amide bonds. The van der Waals surface area contributed by atoms with E-state index < -0.39 is 5.60 Å². The minimum absolute atomic E-state index is 0.242. The normalized spacial score (nSPS) is 21.8. The highest BCUT2D eigenvalue weighted by Crippen LogP contribution is 2.29. The van der Waals surface area contributed by atoms with Crippen molar-refractivity contribution in [2.45, 2.75) is 44.2 Å². The molecule has 0 aliphatic heterocycles. The maximum Gasteiger partial charge on any atom is 0.223 e. The summed E-state index contributed by atoms with van der Waals surface area (Å²) in [6, 6.07) is 7.80. The molecule has 7 heteroatoms. The van der Waals surface area contributed by atoms with Crippen LogP contribution in [0.4, 0.5) is 17.5 Å². The van der Waals surface area contributed by atoms with Gasteiger partial charge in [0.05, 0.1) is 11.8 Å². The summed E-state index contributed by atoms with van der Waals surface area (Å²) < 4.78 is 0. The molecule has 2 heterocycles. The van der Waals surface area contributed by atoms with Crippen molar-refractivity contribution in [2.24, 2.45) is 0 Å². The first-order valence-corrected chi connectivity index (χ1v) is 9.33. The van der Waals surface area contributed by atoms with Gasteiger partial charge in [0.15, 0.2) is 5.82 Å². The number of benzene rings is 1. The number of fused-ring (bicyclic) bond motifs is 1. The molecule has 0 atom stereocenters. The summed E-state index contributed by atoms with van der Waals surface area (Å²) >= 11 is 0. The van der Waals surface area contributed by atoms with Gasteiger partial charge < -0.3 is 15.7 Å². The Hall–Kier alpha value is -3.24. The number of aliphatic hydroxyl groups is 1. The molecule has 1 aromatic carbocycles. The fourth-order valence-corrected chi connectivity index (χ4v) is 3.41. The van der Waals surface area contributed by atoms with Crippen LogP contribution in [0.2, 0.25) is 0 Å². The van der Waals surface area contributed by atoms with E-state index in [1.807, 2.05) is 31.2 Å². The first-order valence-electron chi connectivity index (χ1n) is 9.33. The molecule has 1 fully saturated rings. The van der Waals surface area contributed by atoms with Gasteiger partial charge in [-0.25, -0.2) is 19.9 Å². The Morgan fingerprint density at radius 2 is 2.04 bits per heavy atom. The molecule has 0 radical (unpaired) electrons. The SMILES string of the molecule is C#Cc1cccc(Nc2ncnc3cnc(N[C@H]4CC[C@](C)(O)CC4)nc23)c1. The van der Waals surface area contributed by atoms with Crippen molar-refractivity contribution in [1.29, 1.82) is 0 Å². The van der Waals surface area contributed by atoms with E-state index in [9.17, 15) is 5.11 Å². The summed E-state index contributed by atoms with van der Waals surface area (Å²) in [5.41, 5.74) is 2.34. The van der Waals surface area contributed by atoms with Crippen LogP contribution in [0.5, 0.6) is 0 Å². The van der Waals surface area contributed by atoms with E-state index in [1.165, 1.54) is 6.33 Å². The summed E-state index contributed by atoms with van der Waals surface area (Å²) in [4.78, 5) is 17.6. The van der Waals surface area contributed by atoms with Crippen LogP contribution in [0.1, 0.15) is 38.2 Å². The van der Waals surface area contributed by atoms with Crippen LogP contribution in [-0.2, 0) is 0 Å². The zero-order valence-electron chi connectivity index (χ0n) is 15.7. The Labute approximate surface area is 163 Å². The lowest BCUT2D eigenvalue weighted by Crippen LogP contribution is -2.36. The van der Waals surface area contributed by atoms with Crippen molar-refractivity contribution >= 4 is 28.5 Å². The Balaban J connectivity index is 1.58. The molecule has 7 nitrogen and oxygen atoms in total. The predicted octanol–water partition coefficient (Wildman–Crippen LogP) is 3.25. The first-order chi connectivity index (χ1) is 13.5. The summed E-state index contributed by atoms with van der Waals surface area (Å²) in [6.07, 6.45) is 11.9. The standard InChI is InChI=1S/C21H22N6O/c1-3-14-5-4-6-16(11-14)25-19-18-17(23-13-24-19)12-22-20(27-18)26-15-7-9-21(2,28)10-8-15/h1,4-6,11-13,15,28H,7-10H2,2H3,(H,22,26,27)(H,23,24,25)/t15-,21-. The average molecular weight is 374 g/mol. The second-order valence-electron chi connectivity index (χ2n) is 7.42. The van der Waals surface area contributed by atoms with Gasteiger partial charge in [0.1, 0.15) is 17.4 Å². The number of anilines is 3.